The van der Waals surface area contributed by atoms with Gasteiger partial charge in [-0.15, -0.1) is 0 Å². The number of pyridine rings is 1. The fourth-order valence-electron chi connectivity index (χ4n) is 3.22. The minimum atomic E-state index is -3.28. The molecule has 1 aromatic rings. The minimum Gasteiger partial charge on any atom is -0.378 e. The van der Waals surface area contributed by atoms with Gasteiger partial charge in [-0.3, -0.25) is 4.98 Å². The second kappa shape index (κ2) is 5.09. The van der Waals surface area contributed by atoms with Gasteiger partial charge in [0.15, 0.2) is 0 Å². The van der Waals surface area contributed by atoms with Crippen LogP contribution in [-0.4, -0.2) is 43.5 Å². The second-order valence-electron chi connectivity index (χ2n) is 5.99. The summed E-state index contributed by atoms with van der Waals surface area (Å²) in [5.74, 6) is -0.0136. The maximum absolute atomic E-state index is 12.5. The Balaban J connectivity index is 1.70. The molecule has 0 bridgehead atoms. The molecule has 3 heterocycles. The molecule has 0 aromatic carbocycles. The summed E-state index contributed by atoms with van der Waals surface area (Å²) < 4.78 is 32.2. The molecule has 0 amide bonds. The number of nitrogens with zero attached hydrogens (tertiary/aromatic N) is 2. The van der Waals surface area contributed by atoms with E-state index in [4.69, 9.17) is 4.74 Å². The fourth-order valence-corrected chi connectivity index (χ4v) is 4.79. The third-order valence-corrected chi connectivity index (χ3v) is 6.01. The number of hydrogen-bond donors (Lipinski definition) is 0. The molecule has 2 saturated heterocycles. The molecule has 0 radical (unpaired) electrons. The topological polar surface area (TPSA) is 59.5 Å². The number of rotatable bonds is 3. The van der Waals surface area contributed by atoms with Crippen LogP contribution >= 0.6 is 0 Å². The molecule has 2 fully saturated rings. The van der Waals surface area contributed by atoms with Crippen molar-refractivity contribution in [2.24, 2.45) is 5.41 Å². The Hall–Kier alpha value is -0.980. The highest BCUT2D eigenvalue weighted by atomic mass is 32.2. The molecule has 2 aliphatic heterocycles. The number of aromatic nitrogens is 1. The van der Waals surface area contributed by atoms with Crippen LogP contribution in [0.2, 0.25) is 0 Å². The first kappa shape index (κ1) is 14.0. The minimum absolute atomic E-state index is 0.0136. The van der Waals surface area contributed by atoms with Crippen molar-refractivity contribution < 1.29 is 13.2 Å². The van der Waals surface area contributed by atoms with Crippen LogP contribution in [0.3, 0.4) is 0 Å². The zero-order valence-corrected chi connectivity index (χ0v) is 12.5. The lowest BCUT2D eigenvalue weighted by Crippen LogP contribution is -2.33. The first-order valence-corrected chi connectivity index (χ1v) is 8.59. The third-order valence-electron chi connectivity index (χ3n) is 4.25. The Bertz CT molecular complexity index is 575. The van der Waals surface area contributed by atoms with Gasteiger partial charge < -0.3 is 4.74 Å². The van der Waals surface area contributed by atoms with E-state index in [0.29, 0.717) is 25.4 Å². The van der Waals surface area contributed by atoms with Gasteiger partial charge in [0.2, 0.25) is 10.0 Å². The molecule has 110 valence electrons. The largest absolute Gasteiger partial charge is 0.378 e. The van der Waals surface area contributed by atoms with Crippen molar-refractivity contribution in [2.75, 3.05) is 19.7 Å². The monoisotopic (exact) mass is 296 g/mol. The van der Waals surface area contributed by atoms with Crippen LogP contribution in [0.15, 0.2) is 24.4 Å². The second-order valence-corrected chi connectivity index (χ2v) is 7.96. The van der Waals surface area contributed by atoms with Crippen molar-refractivity contribution >= 4 is 10.0 Å². The van der Waals surface area contributed by atoms with E-state index < -0.39 is 10.0 Å². The van der Waals surface area contributed by atoms with Crippen LogP contribution < -0.4 is 0 Å². The summed E-state index contributed by atoms with van der Waals surface area (Å²) >= 11 is 0. The van der Waals surface area contributed by atoms with Gasteiger partial charge >= 0.3 is 0 Å². The van der Waals surface area contributed by atoms with Gasteiger partial charge in [0, 0.05) is 24.7 Å². The summed E-state index contributed by atoms with van der Waals surface area (Å²) in [5.41, 5.74) is 0.640. The molecule has 20 heavy (non-hydrogen) atoms. The van der Waals surface area contributed by atoms with E-state index in [1.165, 1.54) is 0 Å². The molecule has 6 heteroatoms. The van der Waals surface area contributed by atoms with Crippen LogP contribution in [0, 0.1) is 5.41 Å². The highest BCUT2D eigenvalue weighted by Gasteiger charge is 2.46. The summed E-state index contributed by atoms with van der Waals surface area (Å²) in [5, 5.41) is 0. The highest BCUT2D eigenvalue weighted by Crippen LogP contribution is 2.41. The van der Waals surface area contributed by atoms with Crippen molar-refractivity contribution in [1.82, 2.24) is 9.29 Å². The zero-order chi connectivity index (χ0) is 14.2. The van der Waals surface area contributed by atoms with Gasteiger partial charge in [0.1, 0.15) is 5.75 Å². The molecule has 0 N–H and O–H groups in total. The lowest BCUT2D eigenvalue weighted by molar-refractivity contribution is 0.108. The number of ether oxygens (including phenoxy) is 1. The molecular weight excluding hydrogens is 276 g/mol. The maximum atomic E-state index is 12.5. The quantitative estimate of drug-likeness (QED) is 0.846. The summed E-state index contributed by atoms with van der Waals surface area (Å²) in [7, 11) is -3.28. The molecule has 1 aromatic heterocycles. The van der Waals surface area contributed by atoms with Crippen molar-refractivity contribution in [1.29, 1.82) is 0 Å². The van der Waals surface area contributed by atoms with Crippen molar-refractivity contribution in [3.05, 3.63) is 30.1 Å². The van der Waals surface area contributed by atoms with Gasteiger partial charge in [-0.05, 0) is 31.9 Å². The first-order valence-electron chi connectivity index (χ1n) is 6.99. The number of sulfonamides is 1. The van der Waals surface area contributed by atoms with Gasteiger partial charge in [-0.1, -0.05) is 6.07 Å². The highest BCUT2D eigenvalue weighted by molar-refractivity contribution is 7.88. The van der Waals surface area contributed by atoms with E-state index in [9.17, 15) is 8.42 Å². The van der Waals surface area contributed by atoms with E-state index in [1.54, 1.807) is 22.6 Å². The van der Waals surface area contributed by atoms with Crippen LogP contribution in [0.25, 0.3) is 0 Å². The molecule has 5 nitrogen and oxygen atoms in total. The van der Waals surface area contributed by atoms with E-state index >= 15 is 0 Å². The van der Waals surface area contributed by atoms with Crippen LogP contribution in [-0.2, 0) is 20.5 Å². The lowest BCUT2D eigenvalue weighted by atomic mass is 9.85. The SMILES string of the molecule is C[C@@H]1C[C@@]2(CCN(S(=O)(=O)Cc3ccccn3)C2)CO1. The molecule has 0 unspecified atom stereocenters. The average Bonchev–Trinajstić information content (AvgIpc) is 2.98. The zero-order valence-electron chi connectivity index (χ0n) is 11.7. The fraction of sp³-hybridized carbons (Fsp3) is 0.643. The first-order chi connectivity index (χ1) is 9.49. The Kier molecular flexibility index (Phi) is 3.56. The van der Waals surface area contributed by atoms with Gasteiger partial charge in [0.25, 0.3) is 0 Å². The standard InChI is InChI=1S/C14H20N2O3S/c1-12-8-14(11-19-12)5-7-16(10-14)20(17,18)9-13-4-2-3-6-15-13/h2-4,6,12H,5,7-11H2,1H3/t12-,14-/m1/s1. The lowest BCUT2D eigenvalue weighted by Gasteiger charge is -2.22. The van der Waals surface area contributed by atoms with E-state index in [1.807, 2.05) is 6.07 Å². The van der Waals surface area contributed by atoms with Crippen LogP contribution in [0.4, 0.5) is 0 Å². The predicted molar refractivity (Wildman–Crippen MR) is 75.5 cm³/mol. The smallest absolute Gasteiger partial charge is 0.219 e. The van der Waals surface area contributed by atoms with Crippen LogP contribution in [0.5, 0.6) is 0 Å². The van der Waals surface area contributed by atoms with Crippen molar-refractivity contribution in [3.8, 4) is 0 Å². The normalized spacial score (nSPS) is 31.1. The Morgan fingerprint density at radius 3 is 3.00 bits per heavy atom. The molecular formula is C14H20N2O3S. The van der Waals surface area contributed by atoms with Gasteiger partial charge in [-0.2, -0.15) is 0 Å². The molecule has 0 aliphatic carbocycles. The molecule has 3 rings (SSSR count). The van der Waals surface area contributed by atoms with E-state index in [2.05, 4.69) is 11.9 Å². The van der Waals surface area contributed by atoms with Crippen molar-refractivity contribution in [3.63, 3.8) is 0 Å². The summed E-state index contributed by atoms with van der Waals surface area (Å²) in [6, 6.07) is 5.36. The summed E-state index contributed by atoms with van der Waals surface area (Å²) in [6.45, 7) is 3.93. The van der Waals surface area contributed by atoms with Gasteiger partial charge in [-0.25, -0.2) is 12.7 Å². The third kappa shape index (κ3) is 2.73. The van der Waals surface area contributed by atoms with E-state index in [-0.39, 0.29) is 17.3 Å². The number of hydrogen-bond acceptors (Lipinski definition) is 4. The predicted octanol–water partition coefficient (Wildman–Crippen LogP) is 1.41. The molecule has 2 aliphatic rings. The summed E-state index contributed by atoms with van der Waals surface area (Å²) in [4.78, 5) is 4.11. The Morgan fingerprint density at radius 1 is 1.50 bits per heavy atom. The average molecular weight is 296 g/mol. The Morgan fingerprint density at radius 2 is 2.35 bits per heavy atom. The van der Waals surface area contributed by atoms with Crippen LogP contribution in [0.1, 0.15) is 25.5 Å². The molecule has 2 atom stereocenters. The van der Waals surface area contributed by atoms with Gasteiger partial charge in [0.05, 0.1) is 18.4 Å². The Labute approximate surface area is 120 Å². The molecule has 0 saturated carbocycles. The molecule has 1 spiro atoms. The van der Waals surface area contributed by atoms with Crippen molar-refractivity contribution in [2.45, 2.75) is 31.6 Å². The van der Waals surface area contributed by atoms with E-state index in [0.717, 1.165) is 12.8 Å². The summed E-state index contributed by atoms with van der Waals surface area (Å²) in [6.07, 6.45) is 3.73. The maximum Gasteiger partial charge on any atom is 0.219 e.